The molecule has 1 heterocycles. The Bertz CT molecular complexity index is 250. The van der Waals surface area contributed by atoms with Crippen LogP contribution in [-0.2, 0) is 0 Å². The van der Waals surface area contributed by atoms with Crippen LogP contribution in [0.4, 0.5) is 0 Å². The highest BCUT2D eigenvalue weighted by molar-refractivity contribution is 5.06. The van der Waals surface area contributed by atoms with Crippen LogP contribution in [0.2, 0.25) is 0 Å². The van der Waals surface area contributed by atoms with Gasteiger partial charge in [-0.25, -0.2) is 0 Å². The van der Waals surface area contributed by atoms with E-state index in [-0.39, 0.29) is 0 Å². The van der Waals surface area contributed by atoms with E-state index in [1.54, 1.807) is 0 Å². The quantitative estimate of drug-likeness (QED) is 0.697. The molecule has 104 valence electrons. The van der Waals surface area contributed by atoms with Gasteiger partial charge in [-0.1, -0.05) is 25.8 Å². The number of nitrogens with one attached hydrogen (secondary N) is 1. The Morgan fingerprint density at radius 3 is 2.44 bits per heavy atom. The summed E-state index contributed by atoms with van der Waals surface area (Å²) in [7, 11) is 0. The van der Waals surface area contributed by atoms with E-state index < -0.39 is 0 Å². The van der Waals surface area contributed by atoms with Crippen LogP contribution in [0.1, 0.15) is 58.3 Å². The Hall–Kier alpha value is -0.340. The van der Waals surface area contributed by atoms with Crippen molar-refractivity contribution in [3.05, 3.63) is 12.7 Å². The predicted molar refractivity (Wildman–Crippen MR) is 78.9 cm³/mol. The molecule has 1 unspecified atom stereocenters. The van der Waals surface area contributed by atoms with E-state index in [1.165, 1.54) is 58.0 Å². The zero-order chi connectivity index (χ0) is 12.8. The largest absolute Gasteiger partial charge is 0.312 e. The minimum atomic E-state index is 0.444. The first-order valence-electron chi connectivity index (χ1n) is 7.93. The van der Waals surface area contributed by atoms with Gasteiger partial charge < -0.3 is 5.32 Å². The lowest BCUT2D eigenvalue weighted by molar-refractivity contribution is 0.0777. The average molecular weight is 250 g/mol. The first-order chi connectivity index (χ1) is 8.83. The summed E-state index contributed by atoms with van der Waals surface area (Å²) in [5, 5.41) is 3.82. The van der Waals surface area contributed by atoms with Crippen LogP contribution in [0.5, 0.6) is 0 Å². The first-order valence-corrected chi connectivity index (χ1v) is 7.93. The molecule has 0 aromatic rings. The van der Waals surface area contributed by atoms with Crippen molar-refractivity contribution in [1.82, 2.24) is 10.2 Å². The van der Waals surface area contributed by atoms with Crippen LogP contribution in [0.3, 0.4) is 0 Å². The van der Waals surface area contributed by atoms with Crippen LogP contribution in [-0.4, -0.2) is 36.1 Å². The lowest BCUT2D eigenvalue weighted by Crippen LogP contribution is -2.59. The highest BCUT2D eigenvalue weighted by atomic mass is 15.2. The molecule has 1 N–H and O–H groups in total. The fourth-order valence-corrected chi connectivity index (χ4v) is 4.01. The lowest BCUT2D eigenvalue weighted by Gasteiger charge is -2.45. The maximum Gasteiger partial charge on any atom is 0.0365 e. The molecular weight excluding hydrogens is 220 g/mol. The number of hydrogen-bond acceptors (Lipinski definition) is 2. The molecule has 1 atom stereocenters. The van der Waals surface area contributed by atoms with Crippen molar-refractivity contribution in [2.45, 2.75) is 69.9 Å². The third-order valence-corrected chi connectivity index (χ3v) is 4.90. The Balaban J connectivity index is 2.11. The van der Waals surface area contributed by atoms with Crippen molar-refractivity contribution < 1.29 is 0 Å². The fourth-order valence-electron chi connectivity index (χ4n) is 4.01. The Kier molecular flexibility index (Phi) is 5.25. The molecule has 0 aromatic heterocycles. The molecule has 2 nitrogen and oxygen atoms in total. The maximum atomic E-state index is 3.98. The molecule has 18 heavy (non-hydrogen) atoms. The summed E-state index contributed by atoms with van der Waals surface area (Å²) in [4.78, 5) is 2.80. The molecule has 0 radical (unpaired) electrons. The molecule has 0 aromatic carbocycles. The second-order valence-electron chi connectivity index (χ2n) is 6.04. The topological polar surface area (TPSA) is 15.3 Å². The molecule has 2 heteroatoms. The predicted octanol–water partition coefficient (Wildman–Crippen LogP) is 3.34. The second kappa shape index (κ2) is 6.72. The van der Waals surface area contributed by atoms with Crippen molar-refractivity contribution in [1.29, 1.82) is 0 Å². The highest BCUT2D eigenvalue weighted by Crippen LogP contribution is 2.41. The van der Waals surface area contributed by atoms with Gasteiger partial charge >= 0.3 is 0 Å². The van der Waals surface area contributed by atoms with E-state index in [1.807, 2.05) is 0 Å². The molecule has 2 rings (SSSR count). The lowest BCUT2D eigenvalue weighted by atomic mass is 9.84. The van der Waals surface area contributed by atoms with E-state index in [0.717, 1.165) is 13.0 Å². The number of rotatable bonds is 7. The van der Waals surface area contributed by atoms with Crippen LogP contribution in [0.25, 0.3) is 0 Å². The van der Waals surface area contributed by atoms with E-state index >= 15 is 0 Å². The smallest absolute Gasteiger partial charge is 0.0365 e. The summed E-state index contributed by atoms with van der Waals surface area (Å²) in [5.74, 6) is 0. The van der Waals surface area contributed by atoms with Crippen LogP contribution in [0, 0.1) is 0 Å². The summed E-state index contributed by atoms with van der Waals surface area (Å²) in [6.45, 7) is 10.0. The third kappa shape index (κ3) is 2.80. The molecule has 2 aliphatic rings. The third-order valence-electron chi connectivity index (χ3n) is 4.90. The van der Waals surface area contributed by atoms with Gasteiger partial charge in [-0.15, -0.1) is 6.58 Å². The van der Waals surface area contributed by atoms with Gasteiger partial charge in [-0.05, 0) is 58.2 Å². The van der Waals surface area contributed by atoms with Gasteiger partial charge in [0, 0.05) is 11.6 Å². The summed E-state index contributed by atoms with van der Waals surface area (Å²) in [5.41, 5.74) is 0.444. The minimum absolute atomic E-state index is 0.444. The molecule has 1 aliphatic heterocycles. The zero-order valence-electron chi connectivity index (χ0n) is 12.1. The Labute approximate surface area is 113 Å². The van der Waals surface area contributed by atoms with Crippen molar-refractivity contribution in [3.63, 3.8) is 0 Å². The molecule has 2 fully saturated rings. The van der Waals surface area contributed by atoms with Gasteiger partial charge in [0.15, 0.2) is 0 Å². The van der Waals surface area contributed by atoms with Crippen LogP contribution in [0.15, 0.2) is 12.7 Å². The summed E-state index contributed by atoms with van der Waals surface area (Å²) >= 11 is 0. The molecule has 1 saturated heterocycles. The van der Waals surface area contributed by atoms with E-state index in [2.05, 4.69) is 29.8 Å². The van der Waals surface area contributed by atoms with Crippen molar-refractivity contribution in [2.75, 3.05) is 19.6 Å². The van der Waals surface area contributed by atoms with Crippen LogP contribution < -0.4 is 5.32 Å². The number of likely N-dealkylation sites (tertiary alicyclic amines) is 1. The summed E-state index contributed by atoms with van der Waals surface area (Å²) in [6, 6.07) is 0.621. The van der Waals surface area contributed by atoms with E-state index in [4.69, 9.17) is 0 Å². The molecule has 0 amide bonds. The maximum absolute atomic E-state index is 3.98. The fraction of sp³-hybridized carbons (Fsp3) is 0.875. The number of nitrogens with zero attached hydrogens (tertiary/aromatic N) is 1. The zero-order valence-corrected chi connectivity index (χ0v) is 12.1. The van der Waals surface area contributed by atoms with Crippen molar-refractivity contribution in [2.24, 2.45) is 0 Å². The molecular formula is C16H30N2. The molecule has 1 aliphatic carbocycles. The van der Waals surface area contributed by atoms with Gasteiger partial charge in [0.25, 0.3) is 0 Å². The normalized spacial score (nSPS) is 25.4. The van der Waals surface area contributed by atoms with Crippen molar-refractivity contribution in [3.8, 4) is 0 Å². The SMILES string of the molecule is C=CCC(NCCC)C1(N2CCCC2)CCCC1. The summed E-state index contributed by atoms with van der Waals surface area (Å²) in [6.07, 6.45) is 12.9. The second-order valence-corrected chi connectivity index (χ2v) is 6.04. The van der Waals surface area contributed by atoms with Crippen LogP contribution >= 0.6 is 0 Å². The Morgan fingerprint density at radius 2 is 1.89 bits per heavy atom. The van der Waals surface area contributed by atoms with Gasteiger partial charge in [-0.3, -0.25) is 4.90 Å². The molecule has 0 bridgehead atoms. The van der Waals surface area contributed by atoms with Gasteiger partial charge in [0.2, 0.25) is 0 Å². The first kappa shape index (κ1) is 14.1. The monoisotopic (exact) mass is 250 g/mol. The van der Waals surface area contributed by atoms with Crippen molar-refractivity contribution >= 4 is 0 Å². The average Bonchev–Trinajstić information content (AvgIpc) is 3.04. The molecule has 0 spiro atoms. The van der Waals surface area contributed by atoms with E-state index in [0.29, 0.717) is 11.6 Å². The van der Waals surface area contributed by atoms with Gasteiger partial charge in [0.05, 0.1) is 0 Å². The standard InChI is InChI=1S/C16H30N2/c1-3-9-15(17-12-4-2)16(10-5-6-11-16)18-13-7-8-14-18/h3,15,17H,1,4-14H2,2H3. The Morgan fingerprint density at radius 1 is 1.22 bits per heavy atom. The minimum Gasteiger partial charge on any atom is -0.312 e. The molecule has 1 saturated carbocycles. The summed E-state index contributed by atoms with van der Waals surface area (Å²) < 4.78 is 0. The number of hydrogen-bond donors (Lipinski definition) is 1. The van der Waals surface area contributed by atoms with E-state index in [9.17, 15) is 0 Å². The van der Waals surface area contributed by atoms with Gasteiger partial charge in [-0.2, -0.15) is 0 Å². The van der Waals surface area contributed by atoms with Gasteiger partial charge in [0.1, 0.15) is 0 Å². The highest BCUT2D eigenvalue weighted by Gasteiger charge is 2.45.